The van der Waals surface area contributed by atoms with Crippen molar-refractivity contribution in [2.75, 3.05) is 18.0 Å². The van der Waals surface area contributed by atoms with E-state index in [0.717, 1.165) is 42.7 Å². The number of hydrogen-bond acceptors (Lipinski definition) is 7. The van der Waals surface area contributed by atoms with E-state index in [1.54, 1.807) is 45.0 Å². The molecule has 7 heteroatoms. The van der Waals surface area contributed by atoms with Gasteiger partial charge < -0.3 is 14.4 Å². The van der Waals surface area contributed by atoms with Crippen LogP contribution in [-0.2, 0) is 20.1 Å². The van der Waals surface area contributed by atoms with Gasteiger partial charge >= 0.3 is 11.9 Å². The largest absolute Gasteiger partial charge is 0.456 e. The molecule has 3 heterocycles. The van der Waals surface area contributed by atoms with Crippen LogP contribution in [0.5, 0.6) is 11.5 Å². The molecule has 190 valence electrons. The van der Waals surface area contributed by atoms with E-state index in [4.69, 9.17) is 19.2 Å². The fraction of sp³-hybridized carbons (Fsp3) is 0.333. The number of piperidine rings is 1. The van der Waals surface area contributed by atoms with Crippen LogP contribution in [0.25, 0.3) is 0 Å². The maximum atomic E-state index is 13.1. The van der Waals surface area contributed by atoms with Gasteiger partial charge in [0.05, 0.1) is 11.1 Å². The molecular weight excluding hydrogens is 470 g/mol. The normalized spacial score (nSPS) is 20.0. The van der Waals surface area contributed by atoms with E-state index in [-0.39, 0.29) is 5.56 Å². The number of esters is 1. The standard InChI is InChI=1S/C30H29NO6/c1-29(2,3)37-36-27(32)19-11-13-23-25(17-19)34-26-18-20(31-15-7-4-8-16-31)12-14-24(26)30(23)22-10-6-5-9-21(22)28(33)35-30/h5-6,9-14,17-18H,4,7-8,15-16H2,1-3H3. The molecule has 3 aliphatic heterocycles. The summed E-state index contributed by atoms with van der Waals surface area (Å²) >= 11 is 0. The van der Waals surface area contributed by atoms with Crippen molar-refractivity contribution in [1.82, 2.24) is 0 Å². The summed E-state index contributed by atoms with van der Waals surface area (Å²) in [6, 6.07) is 18.5. The summed E-state index contributed by atoms with van der Waals surface area (Å²) in [5.41, 5.74) is 2.18. The van der Waals surface area contributed by atoms with Crippen molar-refractivity contribution in [2.24, 2.45) is 0 Å². The molecule has 1 saturated heterocycles. The zero-order valence-corrected chi connectivity index (χ0v) is 21.2. The van der Waals surface area contributed by atoms with Gasteiger partial charge in [-0.3, -0.25) is 4.89 Å². The highest BCUT2D eigenvalue weighted by Crippen LogP contribution is 2.56. The summed E-state index contributed by atoms with van der Waals surface area (Å²) in [6.07, 6.45) is 3.54. The number of benzene rings is 3. The van der Waals surface area contributed by atoms with Gasteiger partial charge in [0.25, 0.3) is 0 Å². The number of carbonyl (C=O) groups excluding carboxylic acids is 2. The summed E-state index contributed by atoms with van der Waals surface area (Å²) in [4.78, 5) is 38.4. The Hall–Kier alpha value is -3.84. The highest BCUT2D eigenvalue weighted by Gasteiger charge is 2.53. The molecule has 0 aromatic heterocycles. The lowest BCUT2D eigenvalue weighted by atomic mass is 9.77. The Balaban J connectivity index is 1.48. The average molecular weight is 500 g/mol. The lowest BCUT2D eigenvalue weighted by Crippen LogP contribution is -2.34. The summed E-state index contributed by atoms with van der Waals surface area (Å²) in [7, 11) is 0. The number of fused-ring (bicyclic) bond motifs is 6. The summed E-state index contributed by atoms with van der Waals surface area (Å²) in [5.74, 6) is -0.00170. The Bertz CT molecular complexity index is 1400. The first-order valence-electron chi connectivity index (χ1n) is 12.7. The molecule has 1 spiro atoms. The molecule has 6 rings (SSSR count). The molecular formula is C30H29NO6. The predicted octanol–water partition coefficient (Wildman–Crippen LogP) is 6.13. The molecule has 3 aliphatic rings. The third kappa shape index (κ3) is 3.94. The lowest BCUT2D eigenvalue weighted by Gasteiger charge is -2.37. The number of carbonyl (C=O) groups is 2. The molecule has 1 unspecified atom stereocenters. The van der Waals surface area contributed by atoms with Gasteiger partial charge in [0.15, 0.2) is 5.60 Å². The van der Waals surface area contributed by atoms with Crippen LogP contribution in [0, 0.1) is 0 Å². The minimum Gasteiger partial charge on any atom is -0.456 e. The van der Waals surface area contributed by atoms with Gasteiger partial charge in [0, 0.05) is 41.5 Å². The maximum absolute atomic E-state index is 13.1. The molecule has 0 amide bonds. The molecule has 0 aliphatic carbocycles. The second-order valence-corrected chi connectivity index (χ2v) is 10.7. The number of anilines is 1. The molecule has 1 fully saturated rings. The molecule has 7 nitrogen and oxygen atoms in total. The van der Waals surface area contributed by atoms with Gasteiger partial charge in [-0.05, 0) is 76.4 Å². The Kier molecular flexibility index (Phi) is 5.49. The first-order valence-corrected chi connectivity index (χ1v) is 12.7. The topological polar surface area (TPSA) is 74.3 Å². The molecule has 0 saturated carbocycles. The number of rotatable bonds is 3. The fourth-order valence-corrected chi connectivity index (χ4v) is 5.35. The van der Waals surface area contributed by atoms with E-state index in [0.29, 0.717) is 22.6 Å². The van der Waals surface area contributed by atoms with Crippen LogP contribution in [0.1, 0.15) is 77.4 Å². The summed E-state index contributed by atoms with van der Waals surface area (Å²) < 4.78 is 12.6. The van der Waals surface area contributed by atoms with Crippen molar-refractivity contribution in [1.29, 1.82) is 0 Å². The van der Waals surface area contributed by atoms with E-state index < -0.39 is 23.1 Å². The zero-order valence-electron chi connectivity index (χ0n) is 21.2. The smallest absolute Gasteiger partial charge is 0.373 e. The van der Waals surface area contributed by atoms with E-state index in [9.17, 15) is 9.59 Å². The van der Waals surface area contributed by atoms with Gasteiger partial charge in [-0.25, -0.2) is 9.59 Å². The molecule has 0 bridgehead atoms. The first-order chi connectivity index (χ1) is 17.8. The third-order valence-electron chi connectivity index (χ3n) is 7.02. The minimum absolute atomic E-state index is 0.270. The molecule has 3 aromatic carbocycles. The second kappa shape index (κ2) is 8.63. The van der Waals surface area contributed by atoms with Crippen molar-refractivity contribution in [3.63, 3.8) is 0 Å². The molecule has 1 atom stereocenters. The van der Waals surface area contributed by atoms with Gasteiger partial charge in [-0.15, -0.1) is 0 Å². The second-order valence-electron chi connectivity index (χ2n) is 10.7. The van der Waals surface area contributed by atoms with Crippen molar-refractivity contribution >= 4 is 17.6 Å². The molecule has 37 heavy (non-hydrogen) atoms. The van der Waals surface area contributed by atoms with Crippen LogP contribution < -0.4 is 9.64 Å². The van der Waals surface area contributed by atoms with Crippen LogP contribution >= 0.6 is 0 Å². The quantitative estimate of drug-likeness (QED) is 0.244. The van der Waals surface area contributed by atoms with Crippen molar-refractivity contribution < 1.29 is 28.8 Å². The number of nitrogens with zero attached hydrogens (tertiary/aromatic N) is 1. The first kappa shape index (κ1) is 23.6. The van der Waals surface area contributed by atoms with Crippen molar-refractivity contribution in [2.45, 2.75) is 51.2 Å². The summed E-state index contributed by atoms with van der Waals surface area (Å²) in [5, 5.41) is 0. The van der Waals surface area contributed by atoms with E-state index in [1.807, 2.05) is 30.3 Å². The Morgan fingerprint density at radius 3 is 2.35 bits per heavy atom. The van der Waals surface area contributed by atoms with Gasteiger partial charge in [0.1, 0.15) is 17.1 Å². The SMILES string of the molecule is CC(C)(C)OOC(=O)c1ccc2c(c1)Oc1cc(N3CCCCC3)ccc1C21OC(=O)c2ccccc21. The zero-order chi connectivity index (χ0) is 25.8. The minimum atomic E-state index is -1.18. The molecule has 0 N–H and O–H groups in total. The van der Waals surface area contributed by atoms with E-state index >= 15 is 0 Å². The highest BCUT2D eigenvalue weighted by atomic mass is 17.2. The lowest BCUT2D eigenvalue weighted by molar-refractivity contribution is -0.301. The Morgan fingerprint density at radius 1 is 0.892 bits per heavy atom. The summed E-state index contributed by atoms with van der Waals surface area (Å²) in [6.45, 7) is 7.36. The van der Waals surface area contributed by atoms with Gasteiger partial charge in [0.2, 0.25) is 0 Å². The fourth-order valence-electron chi connectivity index (χ4n) is 5.35. The van der Waals surface area contributed by atoms with Gasteiger partial charge in [-0.1, -0.05) is 18.2 Å². The van der Waals surface area contributed by atoms with Crippen molar-refractivity contribution in [3.05, 3.63) is 88.5 Å². The van der Waals surface area contributed by atoms with E-state index in [2.05, 4.69) is 11.0 Å². The number of ether oxygens (including phenoxy) is 2. The van der Waals surface area contributed by atoms with Crippen LogP contribution in [0.3, 0.4) is 0 Å². The van der Waals surface area contributed by atoms with E-state index in [1.165, 1.54) is 6.42 Å². The van der Waals surface area contributed by atoms with Crippen LogP contribution in [0.15, 0.2) is 60.7 Å². The molecule has 0 radical (unpaired) electrons. The number of hydrogen-bond donors (Lipinski definition) is 0. The Morgan fingerprint density at radius 2 is 1.59 bits per heavy atom. The van der Waals surface area contributed by atoms with Crippen LogP contribution in [-0.4, -0.2) is 30.6 Å². The highest BCUT2D eigenvalue weighted by molar-refractivity contribution is 5.97. The average Bonchev–Trinajstić information content (AvgIpc) is 3.19. The molecule has 3 aromatic rings. The van der Waals surface area contributed by atoms with Gasteiger partial charge in [-0.2, -0.15) is 4.89 Å². The van der Waals surface area contributed by atoms with Crippen LogP contribution in [0.4, 0.5) is 5.69 Å². The Labute approximate surface area is 215 Å². The predicted molar refractivity (Wildman–Crippen MR) is 137 cm³/mol. The maximum Gasteiger partial charge on any atom is 0.373 e. The van der Waals surface area contributed by atoms with Crippen molar-refractivity contribution in [3.8, 4) is 11.5 Å². The monoisotopic (exact) mass is 499 g/mol. The third-order valence-corrected chi connectivity index (χ3v) is 7.02. The van der Waals surface area contributed by atoms with Crippen LogP contribution in [0.2, 0.25) is 0 Å².